The third kappa shape index (κ3) is 3.64. The first-order valence-corrected chi connectivity index (χ1v) is 7.26. The number of anilines is 1. The van der Waals surface area contributed by atoms with Gasteiger partial charge in [-0.3, -0.25) is 4.98 Å². The molecule has 0 amide bonds. The van der Waals surface area contributed by atoms with Gasteiger partial charge in [-0.15, -0.1) is 11.8 Å². The molecule has 2 aromatic rings. The molecule has 0 radical (unpaired) electrons. The van der Waals surface area contributed by atoms with E-state index in [0.717, 1.165) is 11.3 Å². The molecule has 104 valence electrons. The number of rotatable bonds is 5. The topological polar surface area (TPSA) is 83.5 Å². The van der Waals surface area contributed by atoms with Crippen LogP contribution >= 0.6 is 11.8 Å². The number of benzene rings is 1. The fourth-order valence-corrected chi connectivity index (χ4v) is 2.17. The predicted octanol–water partition coefficient (Wildman–Crippen LogP) is 2.51. The highest BCUT2D eigenvalue weighted by molar-refractivity contribution is 7.98. The molecule has 2 rings (SSSR count). The molecule has 20 heavy (non-hydrogen) atoms. The number of hydrogen-bond acceptors (Lipinski definition) is 5. The van der Waals surface area contributed by atoms with Crippen LogP contribution < -0.4 is 11.1 Å². The van der Waals surface area contributed by atoms with Crippen molar-refractivity contribution in [3.63, 3.8) is 0 Å². The van der Waals surface area contributed by atoms with Crippen molar-refractivity contribution in [1.82, 2.24) is 4.98 Å². The molecule has 0 atom stereocenters. The lowest BCUT2D eigenvalue weighted by molar-refractivity contribution is 0.318. The molecule has 1 aromatic carbocycles. The van der Waals surface area contributed by atoms with Gasteiger partial charge in [0.05, 0.1) is 0 Å². The Morgan fingerprint density at radius 3 is 3.00 bits per heavy atom. The maximum absolute atomic E-state index is 8.65. The fourth-order valence-electron chi connectivity index (χ4n) is 1.71. The van der Waals surface area contributed by atoms with Crippen LogP contribution in [0.1, 0.15) is 11.3 Å². The summed E-state index contributed by atoms with van der Waals surface area (Å²) < 4.78 is 0. The minimum atomic E-state index is 0.0104. The highest BCUT2D eigenvalue weighted by Gasteiger charge is 2.02. The highest BCUT2D eigenvalue weighted by atomic mass is 32.2. The maximum atomic E-state index is 8.65. The van der Waals surface area contributed by atoms with E-state index in [2.05, 4.69) is 27.6 Å². The van der Waals surface area contributed by atoms with Gasteiger partial charge in [0.15, 0.2) is 5.84 Å². The van der Waals surface area contributed by atoms with Gasteiger partial charge in [0.2, 0.25) is 0 Å². The Labute approximate surface area is 121 Å². The zero-order chi connectivity index (χ0) is 14.4. The van der Waals surface area contributed by atoms with E-state index in [9.17, 15) is 0 Å². The number of nitrogens with one attached hydrogen (secondary N) is 1. The van der Waals surface area contributed by atoms with E-state index in [1.54, 1.807) is 24.0 Å². The van der Waals surface area contributed by atoms with E-state index in [1.165, 1.54) is 4.90 Å². The van der Waals surface area contributed by atoms with Gasteiger partial charge in [0, 0.05) is 23.3 Å². The van der Waals surface area contributed by atoms with Crippen LogP contribution in [0.2, 0.25) is 0 Å². The quantitative estimate of drug-likeness (QED) is 0.259. The smallest absolute Gasteiger partial charge is 0.188 e. The van der Waals surface area contributed by atoms with Gasteiger partial charge in [-0.2, -0.15) is 0 Å². The summed E-state index contributed by atoms with van der Waals surface area (Å²) in [5.41, 5.74) is 8.05. The summed E-state index contributed by atoms with van der Waals surface area (Å²) in [6.07, 6.45) is 3.69. The number of aromatic nitrogens is 1. The molecule has 0 aliphatic carbocycles. The summed E-state index contributed by atoms with van der Waals surface area (Å²) in [5.74, 6) is 0.0104. The fraction of sp³-hybridized carbons (Fsp3) is 0.143. The van der Waals surface area contributed by atoms with Crippen LogP contribution in [0.3, 0.4) is 0 Å². The van der Waals surface area contributed by atoms with Crippen molar-refractivity contribution < 1.29 is 5.21 Å². The van der Waals surface area contributed by atoms with Crippen LogP contribution in [0.5, 0.6) is 0 Å². The molecule has 0 aliphatic heterocycles. The van der Waals surface area contributed by atoms with Crippen molar-refractivity contribution in [2.24, 2.45) is 10.9 Å². The van der Waals surface area contributed by atoms with Crippen LogP contribution in [0.15, 0.2) is 52.6 Å². The zero-order valence-corrected chi connectivity index (χ0v) is 11.9. The molecule has 0 aliphatic rings. The average Bonchev–Trinajstić information content (AvgIpc) is 2.52. The van der Waals surface area contributed by atoms with Crippen molar-refractivity contribution in [1.29, 1.82) is 0 Å². The van der Waals surface area contributed by atoms with Crippen molar-refractivity contribution in [2.75, 3.05) is 11.6 Å². The van der Waals surface area contributed by atoms with E-state index in [-0.39, 0.29) is 5.84 Å². The minimum absolute atomic E-state index is 0.0104. The third-order valence-electron chi connectivity index (χ3n) is 2.76. The monoisotopic (exact) mass is 288 g/mol. The molecule has 6 heteroatoms. The van der Waals surface area contributed by atoms with Gasteiger partial charge in [-0.25, -0.2) is 0 Å². The van der Waals surface area contributed by atoms with Gasteiger partial charge in [0.25, 0.3) is 0 Å². The van der Waals surface area contributed by atoms with E-state index in [4.69, 9.17) is 10.9 Å². The molecule has 5 nitrogen and oxygen atoms in total. The predicted molar refractivity (Wildman–Crippen MR) is 82.3 cm³/mol. The van der Waals surface area contributed by atoms with Gasteiger partial charge in [-0.05, 0) is 42.2 Å². The van der Waals surface area contributed by atoms with Crippen LogP contribution in [0.4, 0.5) is 5.69 Å². The lowest BCUT2D eigenvalue weighted by Gasteiger charge is -2.08. The van der Waals surface area contributed by atoms with Crippen LogP contribution in [-0.4, -0.2) is 22.3 Å². The molecule has 1 aromatic heterocycles. The molecule has 4 N–H and O–H groups in total. The third-order valence-corrected chi connectivity index (χ3v) is 3.49. The number of pyridine rings is 1. The van der Waals surface area contributed by atoms with E-state index in [0.29, 0.717) is 12.2 Å². The highest BCUT2D eigenvalue weighted by Crippen LogP contribution is 2.19. The van der Waals surface area contributed by atoms with Crippen LogP contribution in [0, 0.1) is 0 Å². The molecular weight excluding hydrogens is 272 g/mol. The van der Waals surface area contributed by atoms with E-state index >= 15 is 0 Å². The molecule has 0 fully saturated rings. The second-order valence-corrected chi connectivity index (χ2v) is 5.00. The van der Waals surface area contributed by atoms with Crippen LogP contribution in [-0.2, 0) is 6.54 Å². The van der Waals surface area contributed by atoms with Crippen molar-refractivity contribution in [3.8, 4) is 0 Å². The summed E-state index contributed by atoms with van der Waals surface area (Å²) in [5, 5.41) is 14.9. The Morgan fingerprint density at radius 1 is 1.40 bits per heavy atom. The van der Waals surface area contributed by atoms with Crippen LogP contribution in [0.25, 0.3) is 0 Å². The number of oxime groups is 1. The number of hydrogen-bond donors (Lipinski definition) is 3. The first-order chi connectivity index (χ1) is 9.72. The van der Waals surface area contributed by atoms with Gasteiger partial charge in [0.1, 0.15) is 5.69 Å². The molecular formula is C14H16N4OS. The Bertz CT molecular complexity index is 616. The zero-order valence-electron chi connectivity index (χ0n) is 11.1. The van der Waals surface area contributed by atoms with Gasteiger partial charge < -0.3 is 16.3 Å². The summed E-state index contributed by atoms with van der Waals surface area (Å²) in [6, 6.07) is 11.9. The number of nitrogens with zero attached hydrogens (tertiary/aromatic N) is 2. The standard InChI is InChI=1S/C14H16N4OS/c1-20-12-4-2-3-11(8-12)17-9-10-5-6-16-13(7-10)14(15)18-19/h2-8,17,19H,9H2,1H3,(H2,15,18). The average molecular weight is 288 g/mol. The van der Waals surface area contributed by atoms with E-state index < -0.39 is 0 Å². The molecule has 0 spiro atoms. The van der Waals surface area contributed by atoms with Gasteiger partial charge >= 0.3 is 0 Å². The second kappa shape index (κ2) is 6.81. The number of thioether (sulfide) groups is 1. The maximum Gasteiger partial charge on any atom is 0.188 e. The molecule has 0 unspecified atom stereocenters. The Balaban J connectivity index is 2.07. The van der Waals surface area contributed by atoms with Crippen molar-refractivity contribution in [3.05, 3.63) is 53.9 Å². The number of nitrogens with two attached hydrogens (primary N) is 1. The number of amidine groups is 1. The second-order valence-electron chi connectivity index (χ2n) is 4.12. The summed E-state index contributed by atoms with van der Waals surface area (Å²) in [7, 11) is 0. The molecule has 0 saturated carbocycles. The lowest BCUT2D eigenvalue weighted by Crippen LogP contribution is -2.15. The lowest BCUT2D eigenvalue weighted by atomic mass is 10.2. The van der Waals surface area contributed by atoms with Crippen molar-refractivity contribution in [2.45, 2.75) is 11.4 Å². The van der Waals surface area contributed by atoms with E-state index in [1.807, 2.05) is 24.5 Å². The first kappa shape index (κ1) is 14.2. The SMILES string of the molecule is CSc1cccc(NCc2ccnc(C(N)=NO)c2)c1. The Morgan fingerprint density at radius 2 is 2.25 bits per heavy atom. The minimum Gasteiger partial charge on any atom is -0.409 e. The summed E-state index contributed by atoms with van der Waals surface area (Å²) in [6.45, 7) is 0.645. The summed E-state index contributed by atoms with van der Waals surface area (Å²) in [4.78, 5) is 5.26. The normalized spacial score (nSPS) is 11.3. The Kier molecular flexibility index (Phi) is 4.84. The first-order valence-electron chi connectivity index (χ1n) is 6.03. The largest absolute Gasteiger partial charge is 0.409 e. The molecule has 0 bridgehead atoms. The Hall–Kier alpha value is -2.21. The van der Waals surface area contributed by atoms with Gasteiger partial charge in [-0.1, -0.05) is 11.2 Å². The van der Waals surface area contributed by atoms with Crippen molar-refractivity contribution >= 4 is 23.3 Å². The molecule has 1 heterocycles. The summed E-state index contributed by atoms with van der Waals surface area (Å²) >= 11 is 1.70. The molecule has 0 saturated heterocycles.